The molecule has 3 aromatic rings. The van der Waals surface area contributed by atoms with Gasteiger partial charge in [-0.1, -0.05) is 71.9 Å². The zero-order chi connectivity index (χ0) is 26.5. The Morgan fingerprint density at radius 2 is 1.67 bits per heavy atom. The molecule has 1 aliphatic heterocycles. The van der Waals surface area contributed by atoms with Crippen LogP contribution in [0.1, 0.15) is 40.9 Å². The van der Waals surface area contributed by atoms with Crippen LogP contribution in [0.2, 0.25) is 0 Å². The predicted molar refractivity (Wildman–Crippen MR) is 144 cm³/mol. The van der Waals surface area contributed by atoms with Crippen LogP contribution in [0.15, 0.2) is 84.0 Å². The molecule has 1 fully saturated rings. The lowest BCUT2D eigenvalue weighted by atomic mass is 9.99. The number of oxime groups is 1. The lowest BCUT2D eigenvalue weighted by Gasteiger charge is -2.19. The number of carbonyl (C=O) groups excluding carboxylic acids is 2. The fraction of sp³-hybridized carbons (Fsp3) is 0.276. The average Bonchev–Trinajstić information content (AvgIpc) is 3.34. The quantitative estimate of drug-likeness (QED) is 0.408. The van der Waals surface area contributed by atoms with Gasteiger partial charge in [0.1, 0.15) is 13.4 Å². The van der Waals surface area contributed by atoms with Crippen LogP contribution in [0, 0.1) is 6.92 Å². The fourth-order valence-electron chi connectivity index (χ4n) is 3.86. The van der Waals surface area contributed by atoms with Crippen LogP contribution in [-0.4, -0.2) is 54.7 Å². The Labute approximate surface area is 213 Å². The van der Waals surface area contributed by atoms with Crippen molar-refractivity contribution in [1.29, 1.82) is 0 Å². The summed E-state index contributed by atoms with van der Waals surface area (Å²) in [6.07, 6.45) is 0.869. The van der Waals surface area contributed by atoms with E-state index in [1.807, 2.05) is 54.6 Å². The minimum Gasteiger partial charge on any atom is -0.399 e. The summed E-state index contributed by atoms with van der Waals surface area (Å²) >= 11 is 0. The number of likely N-dealkylation sites (tertiary alicyclic amines) is 1. The third-order valence-corrected chi connectivity index (χ3v) is 5.71. The molecule has 1 amide bonds. The highest BCUT2D eigenvalue weighted by Crippen LogP contribution is 2.24. The molecule has 36 heavy (non-hydrogen) atoms. The Bertz CT molecular complexity index is 1130. The summed E-state index contributed by atoms with van der Waals surface area (Å²) in [5.74, 6) is -0.172. The molecule has 7 heteroatoms. The Morgan fingerprint density at radius 3 is 2.19 bits per heavy atom. The molecule has 2 unspecified atom stereocenters. The summed E-state index contributed by atoms with van der Waals surface area (Å²) in [5.41, 5.74) is 10.1. The van der Waals surface area contributed by atoms with Crippen molar-refractivity contribution in [2.75, 3.05) is 20.7 Å². The summed E-state index contributed by atoms with van der Waals surface area (Å²) in [7, 11) is 2.96. The Hall–Kier alpha value is -3.81. The highest BCUT2D eigenvalue weighted by Gasteiger charge is 2.33. The molecule has 1 heterocycles. The van der Waals surface area contributed by atoms with Gasteiger partial charge in [-0.05, 0) is 55.3 Å². The normalized spacial score (nSPS) is 16.2. The van der Waals surface area contributed by atoms with E-state index in [-0.39, 0.29) is 12.0 Å². The van der Waals surface area contributed by atoms with Gasteiger partial charge in [0.15, 0.2) is 0 Å². The first-order valence-corrected chi connectivity index (χ1v) is 11.8. The maximum Gasteiger partial charge on any atom is 0.254 e. The van der Waals surface area contributed by atoms with Crippen molar-refractivity contribution >= 4 is 17.9 Å². The van der Waals surface area contributed by atoms with Gasteiger partial charge >= 0.3 is 0 Å². The van der Waals surface area contributed by atoms with Crippen molar-refractivity contribution in [2.45, 2.75) is 32.4 Å². The first-order valence-electron chi connectivity index (χ1n) is 11.8. The van der Waals surface area contributed by atoms with E-state index in [0.29, 0.717) is 24.2 Å². The van der Waals surface area contributed by atoms with Crippen LogP contribution in [0.5, 0.6) is 0 Å². The van der Waals surface area contributed by atoms with Crippen molar-refractivity contribution < 1.29 is 19.5 Å². The molecule has 2 atom stereocenters. The highest BCUT2D eigenvalue weighted by atomic mass is 16.6. The van der Waals surface area contributed by atoms with Gasteiger partial charge in [0.25, 0.3) is 5.91 Å². The van der Waals surface area contributed by atoms with E-state index in [9.17, 15) is 9.59 Å². The average molecular weight is 490 g/mol. The number of hydrogen-bond acceptors (Lipinski definition) is 6. The van der Waals surface area contributed by atoms with E-state index in [1.54, 1.807) is 19.1 Å². The molecule has 0 aliphatic carbocycles. The predicted octanol–water partition coefficient (Wildman–Crippen LogP) is 4.39. The van der Waals surface area contributed by atoms with Crippen molar-refractivity contribution in [3.8, 4) is 11.1 Å². The summed E-state index contributed by atoms with van der Waals surface area (Å²) in [6, 6.07) is 24.7. The Morgan fingerprint density at radius 1 is 1.06 bits per heavy atom. The molecule has 7 nitrogen and oxygen atoms in total. The highest BCUT2D eigenvalue weighted by molar-refractivity contribution is 6.03. The maximum atomic E-state index is 12.8. The van der Waals surface area contributed by atoms with E-state index < -0.39 is 6.04 Å². The monoisotopic (exact) mass is 489 g/mol. The van der Waals surface area contributed by atoms with E-state index in [4.69, 9.17) is 9.94 Å². The lowest BCUT2D eigenvalue weighted by Crippen LogP contribution is -2.36. The molecule has 0 aromatic heterocycles. The molecule has 0 spiro atoms. The van der Waals surface area contributed by atoms with Gasteiger partial charge in [-0.25, -0.2) is 0 Å². The molecular formula is C29H35N3O4. The number of aliphatic hydroxyl groups is 1. The number of rotatable bonds is 5. The molecule has 0 radical (unpaired) electrons. The van der Waals surface area contributed by atoms with Gasteiger partial charge in [0.2, 0.25) is 0 Å². The van der Waals surface area contributed by atoms with Crippen LogP contribution < -0.4 is 5.73 Å². The van der Waals surface area contributed by atoms with E-state index >= 15 is 0 Å². The van der Waals surface area contributed by atoms with Crippen LogP contribution in [0.25, 0.3) is 11.1 Å². The smallest absolute Gasteiger partial charge is 0.254 e. The maximum absolute atomic E-state index is 12.8. The standard InChI is InChI=1S/C20H20N2O3.C8H10O.CH5N/c1-14-5-3-4-6-19(14)15-7-9-16(10-8-15)20(24)22-12-17(21-25-2)11-18(22)13-23;1-7(9)8-5-3-2-4-6-8;1-2/h3-10,13,18H,11-12H2,1-2H3;2-7,9H,1H3;2H2,1H3/b21-17-;;. The zero-order valence-corrected chi connectivity index (χ0v) is 21.3. The van der Waals surface area contributed by atoms with Gasteiger partial charge in [0, 0.05) is 12.0 Å². The second kappa shape index (κ2) is 14.6. The number of nitrogens with zero attached hydrogens (tertiary/aromatic N) is 2. The van der Waals surface area contributed by atoms with Crippen LogP contribution in [0.4, 0.5) is 0 Å². The molecule has 0 bridgehead atoms. The molecule has 1 aliphatic rings. The van der Waals surface area contributed by atoms with Crippen molar-refractivity contribution in [3.05, 3.63) is 95.6 Å². The molecule has 190 valence electrons. The number of aliphatic hydroxyl groups excluding tert-OH is 1. The SMILES string of the molecule is CC(O)c1ccccc1.CN.CO/N=C1/CC(C=O)N(C(=O)c2ccc(-c3ccccc3C)cc2)C1. The van der Waals surface area contributed by atoms with Crippen LogP contribution in [-0.2, 0) is 9.63 Å². The number of amides is 1. The second-order valence-electron chi connectivity index (χ2n) is 8.16. The van der Waals surface area contributed by atoms with E-state index in [0.717, 1.165) is 23.0 Å². The minimum absolute atomic E-state index is 0.172. The summed E-state index contributed by atoms with van der Waals surface area (Å²) < 4.78 is 0. The first kappa shape index (κ1) is 28.4. The number of nitrogens with two attached hydrogens (primary N) is 1. The van der Waals surface area contributed by atoms with Gasteiger partial charge in [0.05, 0.1) is 24.4 Å². The van der Waals surface area contributed by atoms with Crippen LogP contribution in [0.3, 0.4) is 0 Å². The summed E-state index contributed by atoms with van der Waals surface area (Å²) in [4.78, 5) is 30.3. The molecule has 0 saturated carbocycles. The topological polar surface area (TPSA) is 105 Å². The molecule has 3 N–H and O–H groups in total. The van der Waals surface area contributed by atoms with Crippen molar-refractivity contribution in [2.24, 2.45) is 10.9 Å². The van der Waals surface area contributed by atoms with Gasteiger partial charge in [-0.3, -0.25) is 4.79 Å². The largest absolute Gasteiger partial charge is 0.399 e. The fourth-order valence-corrected chi connectivity index (χ4v) is 3.86. The van der Waals surface area contributed by atoms with Crippen molar-refractivity contribution in [1.82, 2.24) is 4.90 Å². The first-order chi connectivity index (χ1) is 17.4. The molecule has 4 rings (SSSR count). The van der Waals surface area contributed by atoms with E-state index in [1.165, 1.54) is 24.6 Å². The third-order valence-electron chi connectivity index (χ3n) is 5.71. The molecule has 3 aromatic carbocycles. The summed E-state index contributed by atoms with van der Waals surface area (Å²) in [6.45, 7) is 4.13. The molecule has 1 saturated heterocycles. The number of hydrogen-bond donors (Lipinski definition) is 2. The van der Waals surface area contributed by atoms with Gasteiger partial charge < -0.3 is 25.4 Å². The third kappa shape index (κ3) is 7.60. The van der Waals surface area contributed by atoms with Gasteiger partial charge in [-0.15, -0.1) is 0 Å². The zero-order valence-electron chi connectivity index (χ0n) is 21.3. The molecular weight excluding hydrogens is 454 g/mol. The van der Waals surface area contributed by atoms with Gasteiger partial charge in [-0.2, -0.15) is 0 Å². The number of aryl methyl sites for hydroxylation is 1. The summed E-state index contributed by atoms with van der Waals surface area (Å²) in [5, 5.41) is 12.9. The van der Waals surface area contributed by atoms with E-state index in [2.05, 4.69) is 29.9 Å². The minimum atomic E-state index is -0.488. The number of benzene rings is 3. The van der Waals surface area contributed by atoms with Crippen molar-refractivity contribution in [3.63, 3.8) is 0 Å². The number of carbonyl (C=O) groups is 2. The lowest BCUT2D eigenvalue weighted by molar-refractivity contribution is -0.111. The Balaban J connectivity index is 0.000000347. The second-order valence-corrected chi connectivity index (χ2v) is 8.16. The Kier molecular flexibility index (Phi) is 11.5. The number of aldehydes is 1. The van der Waals surface area contributed by atoms with Crippen LogP contribution >= 0.6 is 0 Å².